The third-order valence-electron chi connectivity index (χ3n) is 3.77. The molecule has 3 heterocycles. The molecule has 17 heavy (non-hydrogen) atoms. The van der Waals surface area contributed by atoms with Gasteiger partial charge in [0, 0.05) is 12.5 Å². The van der Waals surface area contributed by atoms with Gasteiger partial charge in [0.1, 0.15) is 12.1 Å². The van der Waals surface area contributed by atoms with Gasteiger partial charge in [-0.15, -0.1) is 0 Å². The number of nitrogens with zero attached hydrogens (tertiary/aromatic N) is 1. The molecule has 0 bridgehead atoms. The molecule has 2 aliphatic heterocycles. The maximum Gasteiger partial charge on any atom is 0.323 e. The van der Waals surface area contributed by atoms with E-state index in [0.717, 1.165) is 19.4 Å². The third-order valence-corrected chi connectivity index (χ3v) is 4.47. The summed E-state index contributed by atoms with van der Waals surface area (Å²) in [5, 5.41) is 4.31. The van der Waals surface area contributed by atoms with Crippen LogP contribution in [0.4, 0.5) is 0 Å². The molecule has 0 radical (unpaired) electrons. The molecule has 3 rings (SSSR count). The second-order valence-electron chi connectivity index (χ2n) is 4.95. The summed E-state index contributed by atoms with van der Waals surface area (Å²) in [7, 11) is 0. The number of likely N-dealkylation sites (tertiary alicyclic amines) is 1. The van der Waals surface area contributed by atoms with Gasteiger partial charge in [0.15, 0.2) is 0 Å². The minimum atomic E-state index is -0.0281. The van der Waals surface area contributed by atoms with E-state index >= 15 is 0 Å². The summed E-state index contributed by atoms with van der Waals surface area (Å²) in [5.41, 5.74) is 1.36. The smallest absolute Gasteiger partial charge is 0.323 e. The lowest BCUT2D eigenvalue weighted by Gasteiger charge is -2.27. The molecule has 1 aromatic heterocycles. The van der Waals surface area contributed by atoms with E-state index in [1.165, 1.54) is 12.0 Å². The molecule has 0 saturated carbocycles. The van der Waals surface area contributed by atoms with Gasteiger partial charge in [0.2, 0.25) is 0 Å². The highest BCUT2D eigenvalue weighted by Gasteiger charge is 2.41. The van der Waals surface area contributed by atoms with Gasteiger partial charge in [-0.1, -0.05) is 0 Å². The SMILES string of the molecule is C[C@@H]1C[C@H](N2CCC[C@@H]2c2ccsc2)C(=O)O1. The number of ether oxygens (including phenoxy) is 1. The molecule has 3 nitrogen and oxygen atoms in total. The normalized spacial score (nSPS) is 34.2. The van der Waals surface area contributed by atoms with Crippen molar-refractivity contribution < 1.29 is 9.53 Å². The zero-order valence-electron chi connectivity index (χ0n) is 9.96. The second kappa shape index (κ2) is 4.42. The van der Waals surface area contributed by atoms with Crippen molar-refractivity contribution in [3.63, 3.8) is 0 Å². The first-order chi connectivity index (χ1) is 8.25. The number of carbonyl (C=O) groups excluding carboxylic acids is 1. The van der Waals surface area contributed by atoms with Gasteiger partial charge in [-0.3, -0.25) is 9.69 Å². The van der Waals surface area contributed by atoms with Gasteiger partial charge in [-0.2, -0.15) is 11.3 Å². The van der Waals surface area contributed by atoms with Crippen molar-refractivity contribution in [2.45, 2.75) is 44.4 Å². The minimum absolute atomic E-state index is 0.0163. The molecule has 2 fully saturated rings. The molecule has 0 unspecified atom stereocenters. The van der Waals surface area contributed by atoms with Crippen LogP contribution in [0.1, 0.15) is 37.8 Å². The van der Waals surface area contributed by atoms with Gasteiger partial charge in [0.05, 0.1) is 0 Å². The standard InChI is InChI=1S/C13H17NO2S/c1-9-7-12(13(15)16-9)14-5-2-3-11(14)10-4-6-17-8-10/h4,6,8-9,11-12H,2-3,5,7H2,1H3/t9-,11-,12+/m1/s1. The number of hydrogen-bond donors (Lipinski definition) is 0. The van der Waals surface area contributed by atoms with Crippen LogP contribution in [0.25, 0.3) is 0 Å². The van der Waals surface area contributed by atoms with E-state index < -0.39 is 0 Å². The summed E-state index contributed by atoms with van der Waals surface area (Å²) < 4.78 is 5.27. The summed E-state index contributed by atoms with van der Waals surface area (Å²) in [6, 6.07) is 2.58. The Morgan fingerprint density at radius 1 is 1.47 bits per heavy atom. The average Bonchev–Trinajstić information content (AvgIpc) is 2.97. The van der Waals surface area contributed by atoms with E-state index in [1.54, 1.807) is 11.3 Å². The Morgan fingerprint density at radius 2 is 2.35 bits per heavy atom. The maximum atomic E-state index is 11.8. The summed E-state index contributed by atoms with van der Waals surface area (Å²) in [6.07, 6.45) is 3.27. The van der Waals surface area contributed by atoms with Crippen LogP contribution < -0.4 is 0 Å². The fourth-order valence-electron chi connectivity index (χ4n) is 2.99. The first-order valence-electron chi connectivity index (χ1n) is 6.24. The van der Waals surface area contributed by atoms with Crippen LogP contribution in [0.2, 0.25) is 0 Å². The lowest BCUT2D eigenvalue weighted by Crippen LogP contribution is -2.37. The number of rotatable bonds is 2. The Kier molecular flexibility index (Phi) is 2.92. The van der Waals surface area contributed by atoms with Crippen molar-refractivity contribution in [1.29, 1.82) is 0 Å². The first-order valence-corrected chi connectivity index (χ1v) is 7.18. The fraction of sp³-hybridized carbons (Fsp3) is 0.615. The molecule has 0 aromatic carbocycles. The van der Waals surface area contributed by atoms with Gasteiger partial charge in [-0.05, 0) is 48.7 Å². The number of cyclic esters (lactones) is 1. The molecule has 1 aromatic rings. The molecule has 3 atom stereocenters. The van der Waals surface area contributed by atoms with E-state index in [9.17, 15) is 4.79 Å². The molecular weight excluding hydrogens is 234 g/mol. The van der Waals surface area contributed by atoms with E-state index in [0.29, 0.717) is 6.04 Å². The lowest BCUT2D eigenvalue weighted by molar-refractivity contribution is -0.145. The van der Waals surface area contributed by atoms with E-state index in [-0.39, 0.29) is 18.1 Å². The highest BCUT2D eigenvalue weighted by molar-refractivity contribution is 7.07. The van der Waals surface area contributed by atoms with Crippen LogP contribution in [0, 0.1) is 0 Å². The minimum Gasteiger partial charge on any atom is -0.461 e. The topological polar surface area (TPSA) is 29.5 Å². The van der Waals surface area contributed by atoms with Crippen molar-refractivity contribution >= 4 is 17.3 Å². The Hall–Kier alpha value is -0.870. The highest BCUT2D eigenvalue weighted by atomic mass is 32.1. The maximum absolute atomic E-state index is 11.8. The summed E-state index contributed by atoms with van der Waals surface area (Å²) in [6.45, 7) is 3.00. The molecule has 92 valence electrons. The summed E-state index contributed by atoms with van der Waals surface area (Å²) in [4.78, 5) is 14.2. The summed E-state index contributed by atoms with van der Waals surface area (Å²) in [5.74, 6) is -0.0281. The van der Waals surface area contributed by atoms with Gasteiger partial charge < -0.3 is 4.74 Å². The predicted octanol–water partition coefficient (Wildman–Crippen LogP) is 2.59. The zero-order chi connectivity index (χ0) is 11.8. The molecular formula is C13H17NO2S. The summed E-state index contributed by atoms with van der Waals surface area (Å²) >= 11 is 1.73. The predicted molar refractivity (Wildman–Crippen MR) is 67.0 cm³/mol. The molecule has 2 saturated heterocycles. The lowest BCUT2D eigenvalue weighted by atomic mass is 10.1. The molecule has 4 heteroatoms. The van der Waals surface area contributed by atoms with Crippen LogP contribution in [-0.4, -0.2) is 29.6 Å². The average molecular weight is 251 g/mol. The van der Waals surface area contributed by atoms with Gasteiger partial charge in [-0.25, -0.2) is 0 Å². The largest absolute Gasteiger partial charge is 0.461 e. The van der Waals surface area contributed by atoms with Gasteiger partial charge in [0.25, 0.3) is 0 Å². The van der Waals surface area contributed by atoms with Crippen LogP contribution >= 0.6 is 11.3 Å². The molecule has 0 spiro atoms. The monoisotopic (exact) mass is 251 g/mol. The van der Waals surface area contributed by atoms with Crippen LogP contribution in [0.5, 0.6) is 0 Å². The zero-order valence-corrected chi connectivity index (χ0v) is 10.8. The molecule has 0 aliphatic carbocycles. The van der Waals surface area contributed by atoms with Crippen LogP contribution in [0.3, 0.4) is 0 Å². The van der Waals surface area contributed by atoms with Crippen LogP contribution in [0.15, 0.2) is 16.8 Å². The molecule has 0 amide bonds. The fourth-order valence-corrected chi connectivity index (χ4v) is 3.70. The van der Waals surface area contributed by atoms with E-state index in [2.05, 4.69) is 21.7 Å². The van der Waals surface area contributed by atoms with Gasteiger partial charge >= 0.3 is 5.97 Å². The first kappa shape index (κ1) is 11.2. The Bertz CT molecular complexity index is 404. The third kappa shape index (κ3) is 2.00. The Morgan fingerprint density at radius 3 is 3.00 bits per heavy atom. The number of thiophene rings is 1. The molecule has 0 N–H and O–H groups in total. The van der Waals surface area contributed by atoms with Crippen molar-refractivity contribution in [3.05, 3.63) is 22.4 Å². The quantitative estimate of drug-likeness (QED) is 0.757. The van der Waals surface area contributed by atoms with Crippen LogP contribution in [-0.2, 0) is 9.53 Å². The molecule has 2 aliphatic rings. The second-order valence-corrected chi connectivity index (χ2v) is 5.73. The van der Waals surface area contributed by atoms with E-state index in [1.807, 2.05) is 6.92 Å². The van der Waals surface area contributed by atoms with Crippen molar-refractivity contribution in [1.82, 2.24) is 4.90 Å². The van der Waals surface area contributed by atoms with E-state index in [4.69, 9.17) is 4.74 Å². The number of carbonyl (C=O) groups is 1. The van der Waals surface area contributed by atoms with Crippen molar-refractivity contribution in [2.75, 3.05) is 6.54 Å². The number of esters is 1. The Balaban J connectivity index is 1.80. The number of hydrogen-bond acceptors (Lipinski definition) is 4. The highest BCUT2D eigenvalue weighted by Crippen LogP contribution is 2.37. The van der Waals surface area contributed by atoms with Crippen molar-refractivity contribution in [2.24, 2.45) is 0 Å². The Labute approximate surface area is 105 Å². The van der Waals surface area contributed by atoms with Crippen molar-refractivity contribution in [3.8, 4) is 0 Å².